The van der Waals surface area contributed by atoms with Crippen molar-refractivity contribution >= 4 is 27.6 Å². The van der Waals surface area contributed by atoms with Gasteiger partial charge in [-0.3, -0.25) is 0 Å². The number of thiazole rings is 1. The van der Waals surface area contributed by atoms with Gasteiger partial charge < -0.3 is 0 Å². The number of benzene rings is 1. The second-order valence-corrected chi connectivity index (χ2v) is 4.51. The lowest BCUT2D eigenvalue weighted by molar-refractivity contribution is 1.23. The van der Waals surface area contributed by atoms with Crippen molar-refractivity contribution in [1.29, 1.82) is 0 Å². The fraction of sp³-hybridized carbons (Fsp3) is 0.250. The molecule has 0 aliphatic rings. The fourth-order valence-corrected chi connectivity index (χ4v) is 2.29. The molecule has 0 amide bonds. The van der Waals surface area contributed by atoms with Crippen LogP contribution in [-0.2, 0) is 0 Å². The van der Waals surface area contributed by atoms with E-state index in [4.69, 9.17) is 0 Å². The molecule has 0 fully saturated rings. The van der Waals surface area contributed by atoms with Crippen molar-refractivity contribution in [2.75, 3.05) is 0 Å². The Balaban J connectivity index is 2.45. The Morgan fingerprint density at radius 1 is 1.43 bits per heavy atom. The first kappa shape index (κ1) is 9.41. The highest BCUT2D eigenvalue weighted by Crippen LogP contribution is 2.23. The van der Waals surface area contributed by atoms with E-state index in [0.717, 1.165) is 16.9 Å². The van der Waals surface area contributed by atoms with Crippen molar-refractivity contribution in [3.05, 3.63) is 34.8 Å². The average molecular weight is 203 g/mol. The normalized spacial score (nSPS) is 11.6. The molecule has 0 bridgehead atoms. The number of hydrogen-bond donors (Lipinski definition) is 0. The quantitative estimate of drug-likeness (QED) is 0.718. The standard InChI is InChI=1S/C12H13NS/c1-3-4-5-10-6-7-11-12(8-10)14-9(2)13-11/h4-8H,3H2,1-2H3/b5-4+. The predicted octanol–water partition coefficient (Wildman–Crippen LogP) is 4.03. The molecule has 1 heterocycles. The maximum Gasteiger partial charge on any atom is 0.0907 e. The smallest absolute Gasteiger partial charge is 0.0907 e. The van der Waals surface area contributed by atoms with E-state index in [1.165, 1.54) is 10.3 Å². The summed E-state index contributed by atoms with van der Waals surface area (Å²) in [5, 5.41) is 1.14. The van der Waals surface area contributed by atoms with Crippen LogP contribution >= 0.6 is 11.3 Å². The molecule has 0 atom stereocenters. The predicted molar refractivity (Wildman–Crippen MR) is 63.7 cm³/mol. The molecule has 0 unspecified atom stereocenters. The molecule has 2 aromatic rings. The second kappa shape index (κ2) is 3.93. The van der Waals surface area contributed by atoms with Crippen molar-refractivity contribution in [2.45, 2.75) is 20.3 Å². The number of aromatic nitrogens is 1. The van der Waals surface area contributed by atoms with Gasteiger partial charge in [-0.1, -0.05) is 25.1 Å². The number of allylic oxidation sites excluding steroid dienone is 1. The minimum Gasteiger partial charge on any atom is -0.242 e. The lowest BCUT2D eigenvalue weighted by Crippen LogP contribution is -1.72. The fourth-order valence-electron chi connectivity index (χ4n) is 1.41. The third-order valence-corrected chi connectivity index (χ3v) is 3.00. The van der Waals surface area contributed by atoms with Gasteiger partial charge in [-0.2, -0.15) is 0 Å². The highest BCUT2D eigenvalue weighted by Gasteiger charge is 1.99. The van der Waals surface area contributed by atoms with Crippen molar-refractivity contribution in [1.82, 2.24) is 4.98 Å². The Bertz CT molecular complexity index is 468. The molecule has 2 heteroatoms. The van der Waals surface area contributed by atoms with Gasteiger partial charge in [-0.05, 0) is 31.0 Å². The summed E-state index contributed by atoms with van der Waals surface area (Å²) in [7, 11) is 0. The monoisotopic (exact) mass is 203 g/mol. The Morgan fingerprint density at radius 2 is 2.29 bits per heavy atom. The third kappa shape index (κ3) is 1.85. The molecule has 1 nitrogen and oxygen atoms in total. The van der Waals surface area contributed by atoms with Crippen LogP contribution < -0.4 is 0 Å². The number of fused-ring (bicyclic) bond motifs is 1. The van der Waals surface area contributed by atoms with Gasteiger partial charge in [0.2, 0.25) is 0 Å². The lowest BCUT2D eigenvalue weighted by atomic mass is 10.2. The van der Waals surface area contributed by atoms with Gasteiger partial charge in [-0.15, -0.1) is 11.3 Å². The minimum atomic E-state index is 1.08. The molecule has 1 aromatic heterocycles. The van der Waals surface area contributed by atoms with E-state index in [1.807, 2.05) is 6.92 Å². The van der Waals surface area contributed by atoms with E-state index >= 15 is 0 Å². The van der Waals surface area contributed by atoms with Crippen molar-refractivity contribution < 1.29 is 0 Å². The number of hydrogen-bond acceptors (Lipinski definition) is 2. The maximum absolute atomic E-state index is 4.43. The van der Waals surface area contributed by atoms with Crippen LogP contribution in [0.25, 0.3) is 16.3 Å². The van der Waals surface area contributed by atoms with E-state index in [9.17, 15) is 0 Å². The third-order valence-electron chi connectivity index (χ3n) is 2.07. The molecule has 72 valence electrons. The summed E-state index contributed by atoms with van der Waals surface area (Å²) in [5.41, 5.74) is 2.38. The van der Waals surface area contributed by atoms with Gasteiger partial charge >= 0.3 is 0 Å². The van der Waals surface area contributed by atoms with Gasteiger partial charge in [0.25, 0.3) is 0 Å². The molecule has 0 radical (unpaired) electrons. The van der Waals surface area contributed by atoms with Crippen LogP contribution in [0, 0.1) is 6.92 Å². The molecule has 1 aromatic carbocycles. The van der Waals surface area contributed by atoms with Crippen molar-refractivity contribution in [3.63, 3.8) is 0 Å². The van der Waals surface area contributed by atoms with Gasteiger partial charge in [0.1, 0.15) is 0 Å². The second-order valence-electron chi connectivity index (χ2n) is 3.27. The molecule has 0 saturated carbocycles. The first-order valence-corrected chi connectivity index (χ1v) is 5.65. The van der Waals surface area contributed by atoms with Gasteiger partial charge in [0.05, 0.1) is 15.2 Å². The summed E-state index contributed by atoms with van der Waals surface area (Å²) < 4.78 is 1.28. The highest BCUT2D eigenvalue weighted by molar-refractivity contribution is 7.18. The largest absolute Gasteiger partial charge is 0.242 e. The van der Waals surface area contributed by atoms with E-state index in [0.29, 0.717) is 0 Å². The Labute approximate surface area is 88.1 Å². The zero-order valence-electron chi connectivity index (χ0n) is 8.45. The molecule has 14 heavy (non-hydrogen) atoms. The molecule has 0 spiro atoms. The molecular formula is C12H13NS. The summed E-state index contributed by atoms with van der Waals surface area (Å²) in [6.07, 6.45) is 5.42. The van der Waals surface area contributed by atoms with Crippen LogP contribution in [-0.4, -0.2) is 4.98 Å². The first-order valence-electron chi connectivity index (χ1n) is 4.83. The summed E-state index contributed by atoms with van der Waals surface area (Å²) >= 11 is 1.75. The molecule has 0 saturated heterocycles. The van der Waals surface area contributed by atoms with Crippen molar-refractivity contribution in [2.24, 2.45) is 0 Å². The number of rotatable bonds is 2. The zero-order chi connectivity index (χ0) is 9.97. The van der Waals surface area contributed by atoms with Gasteiger partial charge in [-0.25, -0.2) is 4.98 Å². The van der Waals surface area contributed by atoms with Gasteiger partial charge in [0, 0.05) is 0 Å². The summed E-state index contributed by atoms with van der Waals surface area (Å²) in [5.74, 6) is 0. The van der Waals surface area contributed by atoms with E-state index < -0.39 is 0 Å². The molecule has 0 N–H and O–H groups in total. The SMILES string of the molecule is CC/C=C/c1ccc2nc(C)sc2c1. The van der Waals surface area contributed by atoms with E-state index in [2.05, 4.69) is 42.3 Å². The van der Waals surface area contributed by atoms with Crippen LogP contribution in [0.15, 0.2) is 24.3 Å². The highest BCUT2D eigenvalue weighted by atomic mass is 32.1. The maximum atomic E-state index is 4.43. The first-order chi connectivity index (χ1) is 6.79. The number of nitrogens with zero attached hydrogens (tertiary/aromatic N) is 1. The summed E-state index contributed by atoms with van der Waals surface area (Å²) in [4.78, 5) is 4.43. The topological polar surface area (TPSA) is 12.9 Å². The minimum absolute atomic E-state index is 1.08. The van der Waals surface area contributed by atoms with Crippen LogP contribution in [0.1, 0.15) is 23.9 Å². The van der Waals surface area contributed by atoms with Crippen molar-refractivity contribution in [3.8, 4) is 0 Å². The number of aryl methyl sites for hydroxylation is 1. The Hall–Kier alpha value is -1.15. The Kier molecular flexibility index (Phi) is 2.64. The van der Waals surface area contributed by atoms with Crippen LogP contribution in [0.2, 0.25) is 0 Å². The molecule has 0 aliphatic carbocycles. The summed E-state index contributed by atoms with van der Waals surface area (Å²) in [6.45, 7) is 4.19. The zero-order valence-corrected chi connectivity index (χ0v) is 9.27. The van der Waals surface area contributed by atoms with Gasteiger partial charge in [0.15, 0.2) is 0 Å². The van der Waals surface area contributed by atoms with E-state index in [1.54, 1.807) is 11.3 Å². The molecule has 2 rings (SSSR count). The summed E-state index contributed by atoms with van der Waals surface area (Å²) in [6, 6.07) is 6.41. The Morgan fingerprint density at radius 3 is 3.07 bits per heavy atom. The van der Waals surface area contributed by atoms with E-state index in [-0.39, 0.29) is 0 Å². The lowest BCUT2D eigenvalue weighted by Gasteiger charge is -1.92. The van der Waals surface area contributed by atoms with Crippen LogP contribution in [0.5, 0.6) is 0 Å². The molecular weight excluding hydrogens is 190 g/mol. The van der Waals surface area contributed by atoms with Crippen LogP contribution in [0.3, 0.4) is 0 Å². The average Bonchev–Trinajstić information content (AvgIpc) is 2.54. The van der Waals surface area contributed by atoms with Crippen LogP contribution in [0.4, 0.5) is 0 Å². The molecule has 0 aliphatic heterocycles.